The third-order valence-electron chi connectivity index (χ3n) is 6.19. The number of carbonyl (C=O) groups excluding carboxylic acids is 1. The van der Waals surface area contributed by atoms with Crippen molar-refractivity contribution in [2.75, 3.05) is 38.3 Å². The maximum Gasteiger partial charge on any atom is 0.286 e. The quantitative estimate of drug-likeness (QED) is 0.653. The molecule has 0 spiro atoms. The molecule has 0 saturated carbocycles. The molecule has 0 radical (unpaired) electrons. The summed E-state index contributed by atoms with van der Waals surface area (Å²) < 4.78 is 39.3. The zero-order valence-corrected chi connectivity index (χ0v) is 19.1. The molecule has 3 aliphatic heterocycles. The van der Waals surface area contributed by atoms with E-state index in [9.17, 15) is 13.2 Å². The summed E-state index contributed by atoms with van der Waals surface area (Å²) in [7, 11) is -3.69. The molecular formula is C23H27N4O5S+. The number of para-hydroxylation sites is 1. The van der Waals surface area contributed by atoms with Crippen LogP contribution in [0.3, 0.4) is 0 Å². The normalized spacial score (nSPS) is 18.9. The number of piperazine rings is 1. The van der Waals surface area contributed by atoms with Crippen molar-refractivity contribution in [3.8, 4) is 11.5 Å². The van der Waals surface area contributed by atoms with Crippen LogP contribution in [0.15, 0.2) is 51.8 Å². The van der Waals surface area contributed by atoms with E-state index in [1.807, 2.05) is 17.0 Å². The molecule has 0 aromatic heterocycles. The van der Waals surface area contributed by atoms with Gasteiger partial charge in [0.2, 0.25) is 12.7 Å². The van der Waals surface area contributed by atoms with Crippen LogP contribution in [0.5, 0.6) is 11.5 Å². The second kappa shape index (κ2) is 9.03. The number of quaternary nitrogens is 1. The molecule has 5 rings (SSSR count). The Morgan fingerprint density at radius 3 is 2.73 bits per heavy atom. The Morgan fingerprint density at radius 2 is 1.88 bits per heavy atom. The third kappa shape index (κ3) is 4.81. The van der Waals surface area contributed by atoms with Crippen LogP contribution < -0.4 is 19.7 Å². The number of carbonyl (C=O) groups is 1. The predicted octanol–water partition coefficient (Wildman–Crippen LogP) is 1.03. The number of fused-ring (bicyclic) bond motifs is 2. The van der Waals surface area contributed by atoms with E-state index < -0.39 is 10.0 Å². The van der Waals surface area contributed by atoms with Crippen LogP contribution in [0.1, 0.15) is 24.8 Å². The van der Waals surface area contributed by atoms with Gasteiger partial charge in [0.05, 0.1) is 31.9 Å². The van der Waals surface area contributed by atoms with Crippen LogP contribution in [-0.2, 0) is 21.4 Å². The second-order valence-corrected chi connectivity index (χ2v) is 10.1. The van der Waals surface area contributed by atoms with Crippen molar-refractivity contribution >= 4 is 27.5 Å². The lowest BCUT2D eigenvalue weighted by atomic mass is 10.1. The lowest BCUT2D eigenvalue weighted by Gasteiger charge is -2.32. The summed E-state index contributed by atoms with van der Waals surface area (Å²) in [4.78, 5) is 16.2. The fourth-order valence-electron chi connectivity index (χ4n) is 4.43. The maximum atomic E-state index is 12.7. The highest BCUT2D eigenvalue weighted by Gasteiger charge is 2.26. The molecule has 9 nitrogen and oxygen atoms in total. The molecule has 0 bridgehead atoms. The van der Waals surface area contributed by atoms with Gasteiger partial charge in [-0.05, 0) is 36.8 Å². The SMILES string of the molecule is O=C(CCCC1=NS(=O)(=O)c2ccccc2N1)N1CC[NH+](Cc2ccc3c(c2)OCO3)CC1. The third-order valence-corrected chi connectivity index (χ3v) is 7.57. The number of benzene rings is 2. The summed E-state index contributed by atoms with van der Waals surface area (Å²) in [5, 5.41) is 3.08. The highest BCUT2D eigenvalue weighted by atomic mass is 32.2. The van der Waals surface area contributed by atoms with Gasteiger partial charge in [-0.3, -0.25) is 4.79 Å². The van der Waals surface area contributed by atoms with Crippen LogP contribution in [0, 0.1) is 0 Å². The van der Waals surface area contributed by atoms with E-state index in [1.54, 1.807) is 18.2 Å². The first-order valence-corrected chi connectivity index (χ1v) is 12.6. The van der Waals surface area contributed by atoms with E-state index in [1.165, 1.54) is 16.5 Å². The number of amides is 1. The number of sulfonamides is 1. The molecule has 3 heterocycles. The highest BCUT2D eigenvalue weighted by molar-refractivity contribution is 7.90. The largest absolute Gasteiger partial charge is 0.454 e. The first kappa shape index (κ1) is 21.7. The number of hydrogen-bond acceptors (Lipinski definition) is 6. The standard InChI is InChI=1S/C23H26N4O5S/c28-23(7-3-6-22-24-18-4-1-2-5-21(18)33(29,30)25-22)27-12-10-26(11-13-27)15-17-8-9-19-20(14-17)32-16-31-19/h1-2,4-5,8-9,14H,3,6-7,10-13,15-16H2,(H,24,25)/p+1. The fourth-order valence-corrected chi connectivity index (χ4v) is 5.60. The number of anilines is 1. The molecule has 33 heavy (non-hydrogen) atoms. The van der Waals surface area contributed by atoms with Crippen LogP contribution in [0.4, 0.5) is 5.69 Å². The number of rotatable bonds is 6. The Balaban J connectivity index is 1.07. The first-order chi connectivity index (χ1) is 16.0. The Kier molecular flexibility index (Phi) is 5.94. The van der Waals surface area contributed by atoms with Gasteiger partial charge in [0.15, 0.2) is 11.5 Å². The number of nitrogens with zero attached hydrogens (tertiary/aromatic N) is 2. The smallest absolute Gasteiger partial charge is 0.286 e. The predicted molar refractivity (Wildman–Crippen MR) is 122 cm³/mol. The number of ether oxygens (including phenoxy) is 2. The van der Waals surface area contributed by atoms with E-state index in [0.717, 1.165) is 44.2 Å². The topological polar surface area (TPSA) is 102 Å². The van der Waals surface area contributed by atoms with Gasteiger partial charge < -0.3 is 24.6 Å². The molecule has 0 aliphatic carbocycles. The van der Waals surface area contributed by atoms with E-state index >= 15 is 0 Å². The minimum atomic E-state index is -3.69. The van der Waals surface area contributed by atoms with Gasteiger partial charge in [0.1, 0.15) is 17.3 Å². The molecule has 2 aromatic rings. The van der Waals surface area contributed by atoms with Gasteiger partial charge in [0, 0.05) is 18.4 Å². The summed E-state index contributed by atoms with van der Waals surface area (Å²) in [6.45, 7) is 4.39. The summed E-state index contributed by atoms with van der Waals surface area (Å²) in [6.07, 6.45) is 1.33. The molecule has 174 valence electrons. The van der Waals surface area contributed by atoms with Gasteiger partial charge in [-0.1, -0.05) is 12.1 Å². The van der Waals surface area contributed by atoms with Crippen molar-refractivity contribution in [1.82, 2.24) is 4.90 Å². The molecule has 1 saturated heterocycles. The van der Waals surface area contributed by atoms with Gasteiger partial charge in [-0.15, -0.1) is 4.40 Å². The van der Waals surface area contributed by atoms with Gasteiger partial charge in [-0.25, -0.2) is 0 Å². The van der Waals surface area contributed by atoms with Gasteiger partial charge in [0.25, 0.3) is 10.0 Å². The lowest BCUT2D eigenvalue weighted by molar-refractivity contribution is -0.917. The molecule has 2 aromatic carbocycles. The van der Waals surface area contributed by atoms with Crippen molar-refractivity contribution < 1.29 is 27.6 Å². The zero-order chi connectivity index (χ0) is 22.8. The molecule has 10 heteroatoms. The molecule has 3 aliphatic rings. The number of nitrogens with one attached hydrogen (secondary N) is 2. The Hall–Kier alpha value is -3.11. The monoisotopic (exact) mass is 471 g/mol. The molecule has 1 fully saturated rings. The minimum Gasteiger partial charge on any atom is -0.454 e. The molecule has 0 atom stereocenters. The molecule has 0 unspecified atom stereocenters. The van der Waals surface area contributed by atoms with E-state index in [-0.39, 0.29) is 17.6 Å². The van der Waals surface area contributed by atoms with Crippen molar-refractivity contribution in [2.45, 2.75) is 30.7 Å². The summed E-state index contributed by atoms with van der Waals surface area (Å²) in [5.74, 6) is 2.09. The number of hydrogen-bond donors (Lipinski definition) is 2. The first-order valence-electron chi connectivity index (χ1n) is 11.2. The highest BCUT2D eigenvalue weighted by Crippen LogP contribution is 2.32. The van der Waals surface area contributed by atoms with Gasteiger partial charge >= 0.3 is 0 Å². The summed E-state index contributed by atoms with van der Waals surface area (Å²) in [5.41, 5.74) is 1.74. The second-order valence-electron chi connectivity index (χ2n) is 8.48. The van der Waals surface area contributed by atoms with Crippen molar-refractivity contribution in [3.05, 3.63) is 48.0 Å². The molecule has 2 N–H and O–H groups in total. The maximum absolute atomic E-state index is 12.7. The van der Waals surface area contributed by atoms with E-state index in [4.69, 9.17) is 9.47 Å². The average Bonchev–Trinajstić information content (AvgIpc) is 3.27. The van der Waals surface area contributed by atoms with Gasteiger partial charge in [-0.2, -0.15) is 8.42 Å². The fraction of sp³-hybridized carbons (Fsp3) is 0.391. The minimum absolute atomic E-state index is 0.108. The van der Waals surface area contributed by atoms with Crippen LogP contribution in [0.25, 0.3) is 0 Å². The Labute approximate surface area is 193 Å². The van der Waals surface area contributed by atoms with E-state index in [0.29, 0.717) is 30.8 Å². The Morgan fingerprint density at radius 1 is 1.09 bits per heavy atom. The van der Waals surface area contributed by atoms with Crippen molar-refractivity contribution in [1.29, 1.82) is 0 Å². The number of amidine groups is 1. The average molecular weight is 472 g/mol. The lowest BCUT2D eigenvalue weighted by Crippen LogP contribution is -3.13. The Bertz CT molecular complexity index is 1190. The summed E-state index contributed by atoms with van der Waals surface area (Å²) in [6, 6.07) is 12.8. The van der Waals surface area contributed by atoms with Crippen LogP contribution in [0.2, 0.25) is 0 Å². The van der Waals surface area contributed by atoms with Crippen molar-refractivity contribution in [2.24, 2.45) is 4.40 Å². The molecular weight excluding hydrogens is 444 g/mol. The van der Waals surface area contributed by atoms with E-state index in [2.05, 4.69) is 15.8 Å². The van der Waals surface area contributed by atoms with Crippen LogP contribution in [-0.4, -0.2) is 58.0 Å². The summed E-state index contributed by atoms with van der Waals surface area (Å²) >= 11 is 0. The zero-order valence-electron chi connectivity index (χ0n) is 18.2. The van der Waals surface area contributed by atoms with Crippen molar-refractivity contribution in [3.63, 3.8) is 0 Å². The molecule has 1 amide bonds. The van der Waals surface area contributed by atoms with Crippen LogP contribution >= 0.6 is 0 Å².